The monoisotopic (exact) mass is 242 g/mol. The molecule has 0 fully saturated rings. The van der Waals surface area contributed by atoms with Crippen LogP contribution in [0.3, 0.4) is 0 Å². The number of hydrogen-bond acceptors (Lipinski definition) is 2. The number of hydrogen-bond donors (Lipinski definition) is 1. The van der Waals surface area contributed by atoms with Gasteiger partial charge in [-0.1, -0.05) is 31.2 Å². The maximum Gasteiger partial charge on any atom is 0.129 e. The van der Waals surface area contributed by atoms with Crippen LogP contribution in [0.15, 0.2) is 59.3 Å². The minimum absolute atomic E-state index is 0.133. The molecule has 1 aliphatic rings. The summed E-state index contributed by atoms with van der Waals surface area (Å²) >= 11 is 0. The lowest BCUT2D eigenvalue weighted by molar-refractivity contribution is 0.604. The molecule has 0 amide bonds. The van der Waals surface area contributed by atoms with Crippen molar-refractivity contribution in [3.8, 4) is 0 Å². The average molecular weight is 242 g/mol. The molecule has 1 aromatic rings. The second-order valence-electron chi connectivity index (χ2n) is 4.14. The molecular formula is C15H15FN2. The summed E-state index contributed by atoms with van der Waals surface area (Å²) in [5, 5.41) is 0. The van der Waals surface area contributed by atoms with E-state index < -0.39 is 0 Å². The molecule has 1 atom stereocenters. The van der Waals surface area contributed by atoms with Crippen molar-refractivity contribution >= 4 is 11.9 Å². The van der Waals surface area contributed by atoms with E-state index in [-0.39, 0.29) is 11.7 Å². The molecule has 0 spiro atoms. The minimum atomic E-state index is -0.279. The Bertz CT molecular complexity index is 533. The fourth-order valence-corrected chi connectivity index (χ4v) is 1.94. The van der Waals surface area contributed by atoms with E-state index in [1.165, 1.54) is 6.07 Å². The summed E-state index contributed by atoms with van der Waals surface area (Å²) in [6, 6.07) is 4.76. The van der Waals surface area contributed by atoms with Crippen molar-refractivity contribution in [2.45, 2.75) is 12.8 Å². The van der Waals surface area contributed by atoms with Gasteiger partial charge in [-0.15, -0.1) is 0 Å². The minimum Gasteiger partial charge on any atom is -0.398 e. The molecule has 0 saturated carbocycles. The molecule has 0 saturated heterocycles. The smallest absolute Gasteiger partial charge is 0.129 e. The molecule has 1 heterocycles. The van der Waals surface area contributed by atoms with Crippen LogP contribution in [0.25, 0.3) is 0 Å². The van der Waals surface area contributed by atoms with Crippen molar-refractivity contribution in [3.63, 3.8) is 0 Å². The van der Waals surface area contributed by atoms with Gasteiger partial charge in [0.25, 0.3) is 0 Å². The summed E-state index contributed by atoms with van der Waals surface area (Å²) in [7, 11) is 0. The summed E-state index contributed by atoms with van der Waals surface area (Å²) in [4.78, 5) is 4.13. The van der Waals surface area contributed by atoms with E-state index in [2.05, 4.69) is 4.99 Å². The van der Waals surface area contributed by atoms with Crippen LogP contribution in [-0.2, 0) is 0 Å². The van der Waals surface area contributed by atoms with E-state index in [1.54, 1.807) is 24.5 Å². The maximum atomic E-state index is 13.9. The number of rotatable bonds is 2. The number of aliphatic imine (C=N–C) groups is 1. The summed E-state index contributed by atoms with van der Waals surface area (Å²) < 4.78 is 13.9. The Labute approximate surface area is 106 Å². The summed E-state index contributed by atoms with van der Waals surface area (Å²) in [5.74, 6) is -0.413. The fourth-order valence-electron chi connectivity index (χ4n) is 1.94. The third kappa shape index (κ3) is 2.56. The highest BCUT2D eigenvalue weighted by atomic mass is 19.1. The predicted molar refractivity (Wildman–Crippen MR) is 74.1 cm³/mol. The Morgan fingerprint density at radius 3 is 2.83 bits per heavy atom. The van der Waals surface area contributed by atoms with Crippen LogP contribution in [0.4, 0.5) is 10.1 Å². The fraction of sp³-hybridized carbons (Fsp3) is 0.133. The molecule has 18 heavy (non-hydrogen) atoms. The van der Waals surface area contributed by atoms with E-state index in [0.29, 0.717) is 11.3 Å². The van der Waals surface area contributed by atoms with Gasteiger partial charge in [0.15, 0.2) is 0 Å². The molecule has 0 bridgehead atoms. The maximum absolute atomic E-state index is 13.9. The van der Waals surface area contributed by atoms with E-state index in [1.807, 2.05) is 31.2 Å². The van der Waals surface area contributed by atoms with Gasteiger partial charge in [0.1, 0.15) is 5.82 Å². The van der Waals surface area contributed by atoms with Crippen LogP contribution >= 0.6 is 0 Å². The number of anilines is 1. The predicted octanol–water partition coefficient (Wildman–Crippen LogP) is 3.59. The number of nitrogens with two attached hydrogens (primary N) is 1. The number of halogens is 1. The van der Waals surface area contributed by atoms with Crippen LogP contribution < -0.4 is 5.73 Å². The van der Waals surface area contributed by atoms with Crippen LogP contribution in [-0.4, -0.2) is 6.21 Å². The third-order valence-corrected chi connectivity index (χ3v) is 2.93. The van der Waals surface area contributed by atoms with Crippen LogP contribution in [0.5, 0.6) is 0 Å². The first-order valence-electron chi connectivity index (χ1n) is 5.80. The number of nitrogen functional groups attached to an aromatic ring is 1. The van der Waals surface area contributed by atoms with Gasteiger partial charge in [-0.3, -0.25) is 4.99 Å². The lowest BCUT2D eigenvalue weighted by Crippen LogP contribution is -2.04. The molecular weight excluding hydrogens is 227 g/mol. The first kappa shape index (κ1) is 12.3. The van der Waals surface area contributed by atoms with Crippen LogP contribution in [0.2, 0.25) is 0 Å². The third-order valence-electron chi connectivity index (χ3n) is 2.93. The second-order valence-corrected chi connectivity index (χ2v) is 4.14. The first-order chi connectivity index (χ1) is 8.70. The SMILES string of the molecule is C[C@H](C1=C/N=C/C=C/C=C\1)c1c(N)cccc1F. The summed E-state index contributed by atoms with van der Waals surface area (Å²) in [5.41, 5.74) is 7.77. The van der Waals surface area contributed by atoms with E-state index in [9.17, 15) is 4.39 Å². The van der Waals surface area contributed by atoms with Gasteiger partial charge in [0, 0.05) is 29.6 Å². The lowest BCUT2D eigenvalue weighted by atomic mass is 9.91. The van der Waals surface area contributed by atoms with Gasteiger partial charge in [-0.05, 0) is 23.8 Å². The van der Waals surface area contributed by atoms with Crippen molar-refractivity contribution in [1.29, 1.82) is 0 Å². The van der Waals surface area contributed by atoms with Gasteiger partial charge >= 0.3 is 0 Å². The normalized spacial score (nSPS) is 24.2. The highest BCUT2D eigenvalue weighted by Gasteiger charge is 2.16. The molecule has 0 aromatic heterocycles. The molecule has 2 nitrogen and oxygen atoms in total. The molecule has 2 rings (SSSR count). The average Bonchev–Trinajstić information content (AvgIpc) is 2.27. The molecule has 3 heteroatoms. The van der Waals surface area contributed by atoms with Gasteiger partial charge in [0.05, 0.1) is 0 Å². The first-order valence-corrected chi connectivity index (χ1v) is 5.80. The van der Waals surface area contributed by atoms with Gasteiger partial charge in [0.2, 0.25) is 0 Å². The van der Waals surface area contributed by atoms with Crippen molar-refractivity contribution in [2.24, 2.45) is 4.99 Å². The van der Waals surface area contributed by atoms with E-state index in [0.717, 1.165) is 5.57 Å². The molecule has 0 aliphatic carbocycles. The molecule has 0 unspecified atom stereocenters. The molecule has 0 radical (unpaired) electrons. The highest BCUT2D eigenvalue weighted by molar-refractivity contribution is 5.72. The van der Waals surface area contributed by atoms with Crippen molar-refractivity contribution in [3.05, 3.63) is 65.7 Å². The zero-order valence-corrected chi connectivity index (χ0v) is 10.2. The Kier molecular flexibility index (Phi) is 3.72. The van der Waals surface area contributed by atoms with Gasteiger partial charge in [-0.25, -0.2) is 4.39 Å². The second kappa shape index (κ2) is 5.45. The number of benzene rings is 1. The summed E-state index contributed by atoms with van der Waals surface area (Å²) in [6.07, 6.45) is 11.0. The Morgan fingerprint density at radius 1 is 1.22 bits per heavy atom. The zero-order chi connectivity index (χ0) is 13.0. The Morgan fingerprint density at radius 2 is 2.06 bits per heavy atom. The molecule has 1 aromatic carbocycles. The van der Waals surface area contributed by atoms with Crippen molar-refractivity contribution in [1.82, 2.24) is 0 Å². The molecule has 1 aliphatic heterocycles. The van der Waals surface area contributed by atoms with E-state index in [4.69, 9.17) is 5.73 Å². The van der Waals surface area contributed by atoms with Gasteiger partial charge < -0.3 is 5.73 Å². The molecule has 92 valence electrons. The van der Waals surface area contributed by atoms with E-state index >= 15 is 0 Å². The lowest BCUT2D eigenvalue weighted by Gasteiger charge is -2.16. The summed E-state index contributed by atoms with van der Waals surface area (Å²) in [6.45, 7) is 1.92. The largest absolute Gasteiger partial charge is 0.398 e. The number of nitrogens with zero attached hydrogens (tertiary/aromatic N) is 1. The topological polar surface area (TPSA) is 38.4 Å². The van der Waals surface area contributed by atoms with Gasteiger partial charge in [-0.2, -0.15) is 0 Å². The number of allylic oxidation sites excluding steroid dienone is 5. The van der Waals surface area contributed by atoms with Crippen LogP contribution in [0, 0.1) is 5.82 Å². The highest BCUT2D eigenvalue weighted by Crippen LogP contribution is 2.31. The van der Waals surface area contributed by atoms with Crippen molar-refractivity contribution in [2.75, 3.05) is 5.73 Å². The Hall–Kier alpha value is -2.16. The van der Waals surface area contributed by atoms with Crippen LogP contribution in [0.1, 0.15) is 18.4 Å². The Balaban J connectivity index is 2.39. The zero-order valence-electron chi connectivity index (χ0n) is 10.2. The van der Waals surface area contributed by atoms with Crippen molar-refractivity contribution < 1.29 is 4.39 Å². The molecule has 2 N–H and O–H groups in total. The quantitative estimate of drug-likeness (QED) is 0.791. The standard InChI is InChI=1S/C15H15FN2/c1-11(12-6-3-2-4-9-18-10-12)15-13(16)7-5-8-14(15)17/h2-11H,17H2,1H3/b3-2?,4-2+,6-3-,9-4?,12-6?,12-10+,18-9+,18-10?/t11-/m1/s1.